The average Bonchev–Trinajstić information content (AvgIpc) is 2.27. The number of hydrogen-bond acceptors (Lipinski definition) is 2. The molecule has 0 atom stereocenters. The molecule has 0 aliphatic heterocycles. The lowest BCUT2D eigenvalue weighted by atomic mass is 10.3. The summed E-state index contributed by atoms with van der Waals surface area (Å²) in [6.45, 7) is 9.52. The zero-order chi connectivity index (χ0) is 12.8. The highest BCUT2D eigenvalue weighted by Gasteiger charge is 2.05. The molecule has 0 unspecified atom stereocenters. The number of pyridine rings is 1. The molecule has 0 aliphatic carbocycles. The van der Waals surface area contributed by atoms with Gasteiger partial charge in [-0.1, -0.05) is 30.3 Å². The number of halogens is 1. The first-order valence-electron chi connectivity index (χ1n) is 5.30. The van der Waals surface area contributed by atoms with E-state index in [4.69, 9.17) is 11.6 Å². The first-order chi connectivity index (χ1) is 8.02. The maximum Gasteiger partial charge on any atom is 0.156 e. The monoisotopic (exact) mass is 249 g/mol. The van der Waals surface area contributed by atoms with Gasteiger partial charge in [-0.3, -0.25) is 0 Å². The number of nitrogens with zero attached hydrogens (tertiary/aromatic N) is 2. The van der Waals surface area contributed by atoms with Crippen molar-refractivity contribution in [3.63, 3.8) is 0 Å². The third kappa shape index (κ3) is 4.41. The van der Waals surface area contributed by atoms with Crippen molar-refractivity contribution in [3.8, 4) is 0 Å². The molecule has 1 N–H and O–H groups in total. The molecule has 3 nitrogen and oxygen atoms in total. The Labute approximate surface area is 107 Å². The Morgan fingerprint density at radius 2 is 2.18 bits per heavy atom. The van der Waals surface area contributed by atoms with Gasteiger partial charge in [-0.2, -0.15) is 0 Å². The highest BCUT2D eigenvalue weighted by atomic mass is 35.5. The van der Waals surface area contributed by atoms with Gasteiger partial charge in [-0.25, -0.2) is 9.98 Å². The van der Waals surface area contributed by atoms with Crippen LogP contribution in [-0.2, 0) is 0 Å². The van der Waals surface area contributed by atoms with Gasteiger partial charge < -0.3 is 5.32 Å². The van der Waals surface area contributed by atoms with Gasteiger partial charge in [0.1, 0.15) is 10.8 Å². The maximum absolute atomic E-state index is 5.86. The fourth-order valence-electron chi connectivity index (χ4n) is 1.13. The molecule has 17 heavy (non-hydrogen) atoms. The summed E-state index contributed by atoms with van der Waals surface area (Å²) in [5.74, 6) is 0.649. The van der Waals surface area contributed by atoms with Crippen LogP contribution in [0.25, 0.3) is 0 Å². The molecule has 0 aromatic carbocycles. The average molecular weight is 250 g/mol. The second-order valence-corrected chi connectivity index (χ2v) is 4.03. The minimum Gasteiger partial charge on any atom is -0.343 e. The Balaban J connectivity index is 3.15. The van der Waals surface area contributed by atoms with Gasteiger partial charge in [0.25, 0.3) is 0 Å². The van der Waals surface area contributed by atoms with Crippen LogP contribution in [0.15, 0.2) is 47.2 Å². The summed E-state index contributed by atoms with van der Waals surface area (Å²) < 4.78 is 0. The summed E-state index contributed by atoms with van der Waals surface area (Å²) >= 11 is 5.86. The fraction of sp³-hybridized carbons (Fsp3) is 0.231. The van der Waals surface area contributed by atoms with E-state index in [-0.39, 0.29) is 0 Å². The molecule has 1 aromatic rings. The number of amidine groups is 1. The maximum atomic E-state index is 5.86. The predicted molar refractivity (Wildman–Crippen MR) is 73.2 cm³/mol. The molecule has 0 bridgehead atoms. The number of nitrogens with one attached hydrogen (secondary N) is 1. The van der Waals surface area contributed by atoms with Gasteiger partial charge in [-0.05, 0) is 32.9 Å². The molecule has 4 heteroatoms. The van der Waals surface area contributed by atoms with Crippen molar-refractivity contribution in [1.29, 1.82) is 0 Å². The van der Waals surface area contributed by atoms with E-state index < -0.39 is 0 Å². The molecule has 1 aromatic heterocycles. The van der Waals surface area contributed by atoms with Crippen molar-refractivity contribution in [3.05, 3.63) is 53.1 Å². The van der Waals surface area contributed by atoms with Crippen LogP contribution in [0.2, 0.25) is 5.15 Å². The van der Waals surface area contributed by atoms with Crippen LogP contribution in [0.4, 0.5) is 0 Å². The van der Waals surface area contributed by atoms with Gasteiger partial charge in [-0.15, -0.1) is 0 Å². The van der Waals surface area contributed by atoms with Crippen LogP contribution in [0.3, 0.4) is 0 Å². The SMILES string of the molecule is C=C(C)NC(=NC(C)=CC)c1cccc(Cl)n1. The lowest BCUT2D eigenvalue weighted by Gasteiger charge is -2.09. The standard InChI is InChI=1S/C13H16ClN3/c1-5-10(4)16-13(15-9(2)3)11-7-6-8-12(14)17-11/h5-8H,2H2,1,3-4H3,(H,15,16). The summed E-state index contributed by atoms with van der Waals surface area (Å²) in [4.78, 5) is 8.65. The predicted octanol–water partition coefficient (Wildman–Crippen LogP) is 3.53. The molecule has 0 saturated carbocycles. The quantitative estimate of drug-likeness (QED) is 0.506. The highest BCUT2D eigenvalue weighted by molar-refractivity contribution is 6.29. The summed E-state index contributed by atoms with van der Waals surface area (Å²) in [6.07, 6.45) is 1.92. The van der Waals surface area contributed by atoms with E-state index in [0.717, 1.165) is 11.4 Å². The van der Waals surface area contributed by atoms with Crippen molar-refractivity contribution in [2.45, 2.75) is 20.8 Å². The normalized spacial score (nSPS) is 12.5. The minimum absolute atomic E-state index is 0.442. The van der Waals surface area contributed by atoms with Gasteiger partial charge in [0, 0.05) is 11.4 Å². The lowest BCUT2D eigenvalue weighted by molar-refractivity contribution is 1.08. The molecular formula is C13H16ClN3. The second kappa shape index (κ2) is 6.21. The molecule has 0 radical (unpaired) electrons. The zero-order valence-electron chi connectivity index (χ0n) is 10.3. The molecule has 90 valence electrons. The topological polar surface area (TPSA) is 37.3 Å². The summed E-state index contributed by atoms with van der Waals surface area (Å²) in [5.41, 5.74) is 2.40. The number of aliphatic imine (C=N–C) groups is 1. The smallest absolute Gasteiger partial charge is 0.156 e. The molecule has 0 fully saturated rings. The lowest BCUT2D eigenvalue weighted by Crippen LogP contribution is -2.23. The van der Waals surface area contributed by atoms with Crippen molar-refractivity contribution < 1.29 is 0 Å². The van der Waals surface area contributed by atoms with Gasteiger partial charge in [0.05, 0.1) is 0 Å². The van der Waals surface area contributed by atoms with E-state index >= 15 is 0 Å². The molecule has 0 spiro atoms. The third-order valence-electron chi connectivity index (χ3n) is 2.00. The second-order valence-electron chi connectivity index (χ2n) is 3.64. The molecule has 1 rings (SSSR count). The summed E-state index contributed by atoms with van der Waals surface area (Å²) in [7, 11) is 0. The van der Waals surface area contributed by atoms with E-state index in [0.29, 0.717) is 16.7 Å². The Bertz CT molecular complexity index is 475. The fourth-order valence-corrected chi connectivity index (χ4v) is 1.30. The first kappa shape index (κ1) is 13.5. The van der Waals surface area contributed by atoms with Crippen molar-refractivity contribution in [2.75, 3.05) is 0 Å². The van der Waals surface area contributed by atoms with Crippen LogP contribution in [0.1, 0.15) is 26.5 Å². The number of allylic oxidation sites excluding steroid dienone is 3. The number of rotatable bonds is 3. The Morgan fingerprint density at radius 1 is 1.47 bits per heavy atom. The highest BCUT2D eigenvalue weighted by Crippen LogP contribution is 2.07. The van der Waals surface area contributed by atoms with Crippen LogP contribution in [0.5, 0.6) is 0 Å². The Morgan fingerprint density at radius 3 is 2.71 bits per heavy atom. The van der Waals surface area contributed by atoms with E-state index in [1.165, 1.54) is 0 Å². The van der Waals surface area contributed by atoms with E-state index in [9.17, 15) is 0 Å². The van der Waals surface area contributed by atoms with Gasteiger partial charge in [0.2, 0.25) is 0 Å². The van der Waals surface area contributed by atoms with Crippen molar-refractivity contribution in [2.24, 2.45) is 4.99 Å². The number of aromatic nitrogens is 1. The van der Waals surface area contributed by atoms with E-state index in [1.54, 1.807) is 6.07 Å². The zero-order valence-corrected chi connectivity index (χ0v) is 11.0. The minimum atomic E-state index is 0.442. The van der Waals surface area contributed by atoms with Gasteiger partial charge >= 0.3 is 0 Å². The van der Waals surface area contributed by atoms with Crippen LogP contribution < -0.4 is 5.32 Å². The largest absolute Gasteiger partial charge is 0.343 e. The van der Waals surface area contributed by atoms with Crippen LogP contribution >= 0.6 is 11.6 Å². The molecule has 1 heterocycles. The number of hydrogen-bond donors (Lipinski definition) is 1. The molecule has 0 amide bonds. The van der Waals surface area contributed by atoms with Crippen LogP contribution in [0, 0.1) is 0 Å². The molecule has 0 aliphatic rings. The van der Waals surface area contributed by atoms with E-state index in [2.05, 4.69) is 21.9 Å². The van der Waals surface area contributed by atoms with Crippen LogP contribution in [-0.4, -0.2) is 10.8 Å². The van der Waals surface area contributed by atoms with E-state index in [1.807, 2.05) is 39.0 Å². The molecular weight excluding hydrogens is 234 g/mol. The van der Waals surface area contributed by atoms with Gasteiger partial charge in [0.15, 0.2) is 5.84 Å². The molecule has 0 saturated heterocycles. The Hall–Kier alpha value is -1.61. The summed E-state index contributed by atoms with van der Waals surface area (Å²) in [5, 5.41) is 3.52. The first-order valence-corrected chi connectivity index (χ1v) is 5.67. The Kier molecular flexibility index (Phi) is 4.91. The van der Waals surface area contributed by atoms with Crippen molar-refractivity contribution >= 4 is 17.4 Å². The third-order valence-corrected chi connectivity index (χ3v) is 2.21. The summed E-state index contributed by atoms with van der Waals surface area (Å²) in [6, 6.07) is 5.42. The van der Waals surface area contributed by atoms with Crippen molar-refractivity contribution in [1.82, 2.24) is 10.3 Å².